The van der Waals surface area contributed by atoms with Crippen LogP contribution in [0.25, 0.3) is 0 Å². The Labute approximate surface area is 168 Å². The Morgan fingerprint density at radius 2 is 1.76 bits per heavy atom. The summed E-state index contributed by atoms with van der Waals surface area (Å²) in [5.41, 5.74) is 1.98. The van der Waals surface area contributed by atoms with E-state index in [1.807, 2.05) is 30.3 Å². The lowest BCUT2D eigenvalue weighted by Gasteiger charge is -2.34. The minimum absolute atomic E-state index is 0.0285. The quantitative estimate of drug-likeness (QED) is 0.685. The molecule has 1 heterocycles. The molecule has 3 rings (SSSR count). The fourth-order valence-electron chi connectivity index (χ4n) is 3.60. The molecule has 6 heteroatoms. The van der Waals surface area contributed by atoms with E-state index in [4.69, 9.17) is 4.74 Å². The Bertz CT molecular complexity index is 934. The van der Waals surface area contributed by atoms with Crippen LogP contribution in [-0.4, -0.2) is 22.9 Å². The van der Waals surface area contributed by atoms with Gasteiger partial charge in [0.15, 0.2) is 0 Å². The SMILES string of the molecule is CC1=C(C(=O)OC(C)C)C(c2ccccc2)CC(=O)N1Cc1cc(F)cc(F)c1. The normalized spacial score (nSPS) is 17.1. The summed E-state index contributed by atoms with van der Waals surface area (Å²) in [5, 5.41) is 0. The largest absolute Gasteiger partial charge is 0.460 e. The van der Waals surface area contributed by atoms with E-state index in [1.165, 1.54) is 17.0 Å². The number of amides is 1. The van der Waals surface area contributed by atoms with Crippen LogP contribution >= 0.6 is 0 Å². The molecule has 1 aliphatic rings. The van der Waals surface area contributed by atoms with Gasteiger partial charge in [-0.3, -0.25) is 4.79 Å². The summed E-state index contributed by atoms with van der Waals surface area (Å²) in [6, 6.07) is 12.4. The summed E-state index contributed by atoms with van der Waals surface area (Å²) in [4.78, 5) is 27.2. The molecule has 1 atom stereocenters. The zero-order chi connectivity index (χ0) is 21.1. The summed E-state index contributed by atoms with van der Waals surface area (Å²) in [7, 11) is 0. The first-order chi connectivity index (χ1) is 13.8. The number of carbonyl (C=O) groups is 2. The van der Waals surface area contributed by atoms with Crippen molar-refractivity contribution >= 4 is 11.9 Å². The van der Waals surface area contributed by atoms with Gasteiger partial charge in [0.2, 0.25) is 5.91 Å². The van der Waals surface area contributed by atoms with Crippen LogP contribution in [0.2, 0.25) is 0 Å². The van der Waals surface area contributed by atoms with E-state index >= 15 is 0 Å². The van der Waals surface area contributed by atoms with Gasteiger partial charge in [0.05, 0.1) is 18.2 Å². The van der Waals surface area contributed by atoms with Gasteiger partial charge < -0.3 is 9.64 Å². The maximum Gasteiger partial charge on any atom is 0.336 e. The summed E-state index contributed by atoms with van der Waals surface area (Å²) in [6.45, 7) is 5.15. The van der Waals surface area contributed by atoms with Crippen molar-refractivity contribution in [3.8, 4) is 0 Å². The van der Waals surface area contributed by atoms with Crippen LogP contribution in [0.1, 0.15) is 44.2 Å². The van der Waals surface area contributed by atoms with E-state index in [2.05, 4.69) is 0 Å². The number of hydrogen-bond donors (Lipinski definition) is 0. The predicted molar refractivity (Wildman–Crippen MR) is 105 cm³/mol. The lowest BCUT2D eigenvalue weighted by Crippen LogP contribution is -2.38. The average molecular weight is 399 g/mol. The van der Waals surface area contributed by atoms with Gasteiger partial charge in [0.1, 0.15) is 11.6 Å². The molecule has 4 nitrogen and oxygen atoms in total. The lowest BCUT2D eigenvalue weighted by molar-refractivity contribution is -0.143. The molecule has 2 aromatic carbocycles. The summed E-state index contributed by atoms with van der Waals surface area (Å²) in [6.07, 6.45) is -0.246. The molecule has 1 amide bonds. The average Bonchev–Trinajstić information content (AvgIpc) is 2.64. The zero-order valence-corrected chi connectivity index (χ0v) is 16.6. The van der Waals surface area contributed by atoms with Crippen molar-refractivity contribution in [2.75, 3.05) is 0 Å². The Balaban J connectivity index is 2.03. The molecule has 0 bridgehead atoms. The van der Waals surface area contributed by atoms with Crippen LogP contribution in [0.4, 0.5) is 8.78 Å². The van der Waals surface area contributed by atoms with E-state index in [0.717, 1.165) is 11.6 Å². The van der Waals surface area contributed by atoms with E-state index in [-0.39, 0.29) is 25.0 Å². The number of ether oxygens (including phenoxy) is 1. The first-order valence-corrected chi connectivity index (χ1v) is 9.48. The van der Waals surface area contributed by atoms with Crippen LogP contribution in [0, 0.1) is 11.6 Å². The molecule has 0 N–H and O–H groups in total. The molecule has 1 unspecified atom stereocenters. The third-order valence-corrected chi connectivity index (χ3v) is 4.85. The minimum atomic E-state index is -0.715. The molecule has 0 aromatic heterocycles. The number of nitrogens with zero attached hydrogens (tertiary/aromatic N) is 1. The number of esters is 1. The summed E-state index contributed by atoms with van der Waals surface area (Å²) >= 11 is 0. The Kier molecular flexibility index (Phi) is 6.11. The zero-order valence-electron chi connectivity index (χ0n) is 16.6. The van der Waals surface area contributed by atoms with Gasteiger partial charge in [-0.2, -0.15) is 0 Å². The topological polar surface area (TPSA) is 46.6 Å². The van der Waals surface area contributed by atoms with Crippen molar-refractivity contribution in [1.82, 2.24) is 4.90 Å². The maximum absolute atomic E-state index is 13.6. The lowest BCUT2D eigenvalue weighted by atomic mass is 9.83. The van der Waals surface area contributed by atoms with Crippen molar-refractivity contribution in [2.24, 2.45) is 0 Å². The van der Waals surface area contributed by atoms with Gasteiger partial charge in [-0.15, -0.1) is 0 Å². The Morgan fingerprint density at radius 1 is 1.14 bits per heavy atom. The van der Waals surface area contributed by atoms with Crippen LogP contribution in [0.3, 0.4) is 0 Å². The van der Waals surface area contributed by atoms with Gasteiger partial charge in [0.25, 0.3) is 0 Å². The smallest absolute Gasteiger partial charge is 0.336 e. The van der Waals surface area contributed by atoms with Crippen molar-refractivity contribution in [3.63, 3.8) is 0 Å². The molecule has 0 aliphatic carbocycles. The van der Waals surface area contributed by atoms with Crippen LogP contribution < -0.4 is 0 Å². The van der Waals surface area contributed by atoms with Crippen LogP contribution in [0.5, 0.6) is 0 Å². The second-order valence-electron chi connectivity index (χ2n) is 7.38. The third kappa shape index (κ3) is 4.70. The molecule has 0 radical (unpaired) electrons. The second kappa shape index (κ2) is 8.55. The molecule has 0 fully saturated rings. The monoisotopic (exact) mass is 399 g/mol. The number of carbonyl (C=O) groups excluding carboxylic acids is 2. The highest BCUT2D eigenvalue weighted by Gasteiger charge is 2.37. The second-order valence-corrected chi connectivity index (χ2v) is 7.38. The van der Waals surface area contributed by atoms with Gasteiger partial charge in [-0.05, 0) is 44.0 Å². The highest BCUT2D eigenvalue weighted by Crippen LogP contribution is 2.37. The van der Waals surface area contributed by atoms with Crippen LogP contribution in [0.15, 0.2) is 59.8 Å². The highest BCUT2D eigenvalue weighted by molar-refractivity contribution is 5.96. The van der Waals surface area contributed by atoms with E-state index in [9.17, 15) is 18.4 Å². The van der Waals surface area contributed by atoms with Crippen molar-refractivity contribution in [2.45, 2.75) is 45.8 Å². The fourth-order valence-corrected chi connectivity index (χ4v) is 3.60. The van der Waals surface area contributed by atoms with Gasteiger partial charge >= 0.3 is 5.97 Å². The van der Waals surface area contributed by atoms with Crippen molar-refractivity contribution in [3.05, 3.63) is 82.6 Å². The molecule has 0 saturated heterocycles. The van der Waals surface area contributed by atoms with Crippen molar-refractivity contribution < 1.29 is 23.1 Å². The molecular weight excluding hydrogens is 376 g/mol. The predicted octanol–water partition coefficient (Wildman–Crippen LogP) is 4.71. The molecule has 2 aromatic rings. The number of rotatable bonds is 5. The summed E-state index contributed by atoms with van der Waals surface area (Å²) in [5.74, 6) is -2.58. The maximum atomic E-state index is 13.6. The van der Waals surface area contributed by atoms with Gasteiger partial charge in [0, 0.05) is 24.1 Å². The molecule has 0 spiro atoms. The Morgan fingerprint density at radius 3 is 2.34 bits per heavy atom. The molecule has 152 valence electrons. The molecule has 29 heavy (non-hydrogen) atoms. The van der Waals surface area contributed by atoms with Gasteiger partial charge in [-0.1, -0.05) is 30.3 Å². The van der Waals surface area contributed by atoms with E-state index in [0.29, 0.717) is 16.8 Å². The Hall–Kier alpha value is -3.02. The first-order valence-electron chi connectivity index (χ1n) is 9.48. The van der Waals surface area contributed by atoms with Crippen LogP contribution in [-0.2, 0) is 20.9 Å². The fraction of sp³-hybridized carbons (Fsp3) is 0.304. The summed E-state index contributed by atoms with van der Waals surface area (Å²) < 4.78 is 32.6. The number of hydrogen-bond acceptors (Lipinski definition) is 3. The molecule has 1 aliphatic heterocycles. The van der Waals surface area contributed by atoms with Gasteiger partial charge in [-0.25, -0.2) is 13.6 Å². The third-order valence-electron chi connectivity index (χ3n) is 4.85. The van der Waals surface area contributed by atoms with Crippen molar-refractivity contribution in [1.29, 1.82) is 0 Å². The van der Waals surface area contributed by atoms with E-state index < -0.39 is 23.5 Å². The standard InChI is InChI=1S/C23H23F2NO3/c1-14(2)29-23(28)22-15(3)26(13-16-9-18(24)11-19(25)10-16)21(27)12-20(22)17-7-5-4-6-8-17/h4-11,14,20H,12-13H2,1-3H3. The number of allylic oxidation sites excluding steroid dienone is 1. The minimum Gasteiger partial charge on any atom is -0.460 e. The highest BCUT2D eigenvalue weighted by atomic mass is 19.1. The number of halogens is 2. The molecule has 0 saturated carbocycles. The van der Waals surface area contributed by atoms with E-state index in [1.54, 1.807) is 20.8 Å². The first kappa shape index (κ1) is 20.7. The number of benzene rings is 2. The molecular formula is C23H23F2NO3.